The van der Waals surface area contributed by atoms with Crippen LogP contribution in [0, 0.1) is 0 Å². The maximum Gasteiger partial charge on any atom is 0.161 e. The van der Waals surface area contributed by atoms with Crippen LogP contribution in [0.25, 0.3) is 0 Å². The lowest BCUT2D eigenvalue weighted by molar-refractivity contribution is -0.695. The van der Waals surface area contributed by atoms with Crippen LogP contribution in [0.15, 0.2) is 12.1 Å². The van der Waals surface area contributed by atoms with Gasteiger partial charge < -0.3 is 27.2 Å². The summed E-state index contributed by atoms with van der Waals surface area (Å²) >= 11 is 0. The monoisotopic (exact) mass is 243 g/mol. The minimum Gasteiger partial charge on any atom is -1.00 e. The van der Waals surface area contributed by atoms with E-state index >= 15 is 0 Å². The zero-order valence-corrected chi connectivity index (χ0v) is 10.7. The van der Waals surface area contributed by atoms with Gasteiger partial charge in [-0.3, -0.25) is 0 Å². The van der Waals surface area contributed by atoms with E-state index in [-0.39, 0.29) is 12.4 Å². The van der Waals surface area contributed by atoms with Crippen molar-refractivity contribution in [3.8, 4) is 11.5 Å². The zero-order chi connectivity index (χ0) is 10.8. The van der Waals surface area contributed by atoms with Crippen molar-refractivity contribution in [2.75, 3.05) is 20.8 Å². The molecule has 0 fully saturated rings. The maximum atomic E-state index is 5.31. The number of quaternary nitrogens is 1. The molecule has 0 saturated carbocycles. The first-order valence-corrected chi connectivity index (χ1v) is 5.34. The molecular formula is C12H18ClNO2. The summed E-state index contributed by atoms with van der Waals surface area (Å²) in [5.41, 5.74) is 2.77. The molecule has 1 aliphatic rings. The van der Waals surface area contributed by atoms with Gasteiger partial charge in [-0.1, -0.05) is 0 Å². The topological polar surface area (TPSA) is 35.1 Å². The molecule has 0 aromatic heterocycles. The van der Waals surface area contributed by atoms with Gasteiger partial charge in [0.1, 0.15) is 6.04 Å². The molecule has 90 valence electrons. The molecule has 2 N–H and O–H groups in total. The van der Waals surface area contributed by atoms with Gasteiger partial charge in [0, 0.05) is 12.0 Å². The summed E-state index contributed by atoms with van der Waals surface area (Å²) in [7, 11) is 3.37. The third kappa shape index (κ3) is 2.25. The lowest BCUT2D eigenvalue weighted by atomic mass is 9.94. The average Bonchev–Trinajstić information content (AvgIpc) is 2.28. The molecule has 0 aliphatic carbocycles. The van der Waals surface area contributed by atoms with Crippen LogP contribution in [0.5, 0.6) is 11.5 Å². The fourth-order valence-corrected chi connectivity index (χ4v) is 2.19. The molecule has 1 aromatic rings. The molecule has 1 atom stereocenters. The highest BCUT2D eigenvalue weighted by Crippen LogP contribution is 2.33. The first kappa shape index (κ1) is 13.1. The number of rotatable bonds is 2. The van der Waals surface area contributed by atoms with E-state index in [1.54, 1.807) is 14.2 Å². The molecular weight excluding hydrogens is 226 g/mol. The lowest BCUT2D eigenvalue weighted by Gasteiger charge is -2.22. The van der Waals surface area contributed by atoms with E-state index in [4.69, 9.17) is 9.47 Å². The maximum absolute atomic E-state index is 5.31. The van der Waals surface area contributed by atoms with Gasteiger partial charge in [0.05, 0.1) is 20.8 Å². The Balaban J connectivity index is 0.00000128. The second-order valence-electron chi connectivity index (χ2n) is 3.97. The summed E-state index contributed by atoms with van der Waals surface area (Å²) in [6.45, 7) is 3.38. The average molecular weight is 244 g/mol. The van der Waals surface area contributed by atoms with Crippen molar-refractivity contribution in [3.05, 3.63) is 23.3 Å². The highest BCUT2D eigenvalue weighted by molar-refractivity contribution is 5.48. The van der Waals surface area contributed by atoms with Crippen LogP contribution in [0.3, 0.4) is 0 Å². The van der Waals surface area contributed by atoms with Gasteiger partial charge in [-0.2, -0.15) is 0 Å². The number of ether oxygens (including phenoxy) is 2. The Bertz CT molecular complexity index is 368. The predicted molar refractivity (Wildman–Crippen MR) is 58.5 cm³/mol. The molecule has 16 heavy (non-hydrogen) atoms. The second kappa shape index (κ2) is 5.41. The molecule has 0 amide bonds. The van der Waals surface area contributed by atoms with E-state index in [1.807, 2.05) is 0 Å². The van der Waals surface area contributed by atoms with Crippen LogP contribution < -0.4 is 27.2 Å². The van der Waals surface area contributed by atoms with Crippen molar-refractivity contribution < 1.29 is 27.2 Å². The van der Waals surface area contributed by atoms with Crippen molar-refractivity contribution in [3.63, 3.8) is 0 Å². The van der Waals surface area contributed by atoms with Crippen LogP contribution in [0.4, 0.5) is 0 Å². The Hall–Kier alpha value is -0.930. The van der Waals surface area contributed by atoms with Crippen LogP contribution in [0.1, 0.15) is 24.1 Å². The third-order valence-electron chi connectivity index (χ3n) is 3.07. The largest absolute Gasteiger partial charge is 1.00 e. The third-order valence-corrected chi connectivity index (χ3v) is 3.07. The van der Waals surface area contributed by atoms with E-state index < -0.39 is 0 Å². The van der Waals surface area contributed by atoms with Gasteiger partial charge >= 0.3 is 0 Å². The molecule has 1 aliphatic heterocycles. The molecule has 0 radical (unpaired) electrons. The molecule has 0 saturated heterocycles. The Morgan fingerprint density at radius 2 is 1.81 bits per heavy atom. The molecule has 0 unspecified atom stereocenters. The van der Waals surface area contributed by atoms with Crippen molar-refractivity contribution in [1.82, 2.24) is 0 Å². The minimum absolute atomic E-state index is 0. The summed E-state index contributed by atoms with van der Waals surface area (Å²) in [5, 5.41) is 2.36. The van der Waals surface area contributed by atoms with Gasteiger partial charge in [-0.15, -0.1) is 0 Å². The minimum atomic E-state index is 0. The van der Waals surface area contributed by atoms with Gasteiger partial charge in [0.2, 0.25) is 0 Å². The summed E-state index contributed by atoms with van der Waals surface area (Å²) in [6, 6.07) is 4.74. The smallest absolute Gasteiger partial charge is 0.161 e. The molecule has 4 heteroatoms. The summed E-state index contributed by atoms with van der Waals surface area (Å²) < 4.78 is 10.6. The molecule has 2 rings (SSSR count). The second-order valence-corrected chi connectivity index (χ2v) is 3.97. The van der Waals surface area contributed by atoms with Gasteiger partial charge in [-0.05, 0) is 24.6 Å². The number of hydrogen-bond acceptors (Lipinski definition) is 2. The summed E-state index contributed by atoms with van der Waals surface area (Å²) in [6.07, 6.45) is 1.11. The number of benzene rings is 1. The van der Waals surface area contributed by atoms with E-state index in [0.29, 0.717) is 6.04 Å². The number of halogens is 1. The van der Waals surface area contributed by atoms with E-state index in [2.05, 4.69) is 24.4 Å². The van der Waals surface area contributed by atoms with Crippen molar-refractivity contribution in [1.29, 1.82) is 0 Å². The van der Waals surface area contributed by atoms with E-state index in [0.717, 1.165) is 24.5 Å². The van der Waals surface area contributed by atoms with Gasteiger partial charge in [-0.25, -0.2) is 0 Å². The van der Waals surface area contributed by atoms with E-state index in [1.165, 1.54) is 11.1 Å². The van der Waals surface area contributed by atoms with E-state index in [9.17, 15) is 0 Å². The lowest BCUT2D eigenvalue weighted by Crippen LogP contribution is -3.00. The Morgan fingerprint density at radius 1 is 1.19 bits per heavy atom. The first-order valence-electron chi connectivity index (χ1n) is 5.34. The zero-order valence-electron chi connectivity index (χ0n) is 9.92. The summed E-state index contributed by atoms with van der Waals surface area (Å²) in [4.78, 5) is 0. The highest BCUT2D eigenvalue weighted by Gasteiger charge is 2.21. The SMILES string of the molecule is COc1cc2c(cc1OC)[C@H](C)[NH2+]CC2.[Cl-]. The number of methoxy groups -OCH3 is 2. The molecule has 3 nitrogen and oxygen atoms in total. The molecule has 1 heterocycles. The molecule has 0 spiro atoms. The first-order chi connectivity index (χ1) is 7.26. The Labute approximate surface area is 103 Å². The summed E-state index contributed by atoms with van der Waals surface area (Å²) in [5.74, 6) is 1.67. The van der Waals surface area contributed by atoms with Crippen LogP contribution in [-0.2, 0) is 6.42 Å². The molecule has 1 aromatic carbocycles. The Morgan fingerprint density at radius 3 is 2.44 bits per heavy atom. The van der Waals surface area contributed by atoms with Crippen LogP contribution in [0.2, 0.25) is 0 Å². The van der Waals surface area contributed by atoms with Gasteiger partial charge in [0.25, 0.3) is 0 Å². The van der Waals surface area contributed by atoms with Crippen molar-refractivity contribution in [2.45, 2.75) is 19.4 Å². The standard InChI is InChI=1S/C12H17NO2.ClH/c1-8-10-7-12(15-3)11(14-2)6-9(10)4-5-13-8;/h6-8,13H,4-5H2,1-3H3;1H/t8-;/m0./s1. The molecule has 0 bridgehead atoms. The van der Waals surface area contributed by atoms with Gasteiger partial charge in [0.15, 0.2) is 11.5 Å². The van der Waals surface area contributed by atoms with Crippen LogP contribution in [-0.4, -0.2) is 20.8 Å². The van der Waals surface area contributed by atoms with Crippen LogP contribution >= 0.6 is 0 Å². The number of fused-ring (bicyclic) bond motifs is 1. The van der Waals surface area contributed by atoms with Crippen molar-refractivity contribution in [2.24, 2.45) is 0 Å². The number of nitrogens with two attached hydrogens (primary N) is 1. The number of hydrogen-bond donors (Lipinski definition) is 1. The quantitative estimate of drug-likeness (QED) is 0.645. The predicted octanol–water partition coefficient (Wildman–Crippen LogP) is -2.11. The fourth-order valence-electron chi connectivity index (χ4n) is 2.19. The van der Waals surface area contributed by atoms with Crippen molar-refractivity contribution >= 4 is 0 Å². The normalized spacial score (nSPS) is 18.3. The highest BCUT2D eigenvalue weighted by atomic mass is 35.5. The Kier molecular flexibility index (Phi) is 4.44. The fraction of sp³-hybridized carbons (Fsp3) is 0.500.